The fourth-order valence-corrected chi connectivity index (χ4v) is 5.36. The third-order valence-electron chi connectivity index (χ3n) is 6.49. The van der Waals surface area contributed by atoms with Gasteiger partial charge in [-0.2, -0.15) is 0 Å². The Balaban J connectivity index is 1.78. The van der Waals surface area contributed by atoms with Crippen molar-refractivity contribution in [1.29, 1.82) is 0 Å². The number of carbonyl (C=O) groups excluding carboxylic acids is 2. The van der Waals surface area contributed by atoms with Crippen LogP contribution >= 0.6 is 11.3 Å². The molecular weight excluding hydrogens is 476 g/mol. The second-order valence-electron chi connectivity index (χ2n) is 8.90. The fourth-order valence-electron chi connectivity index (χ4n) is 4.66. The maximum Gasteiger partial charge on any atom is 0.248 e. The van der Waals surface area contributed by atoms with Crippen LogP contribution in [-0.2, 0) is 16.0 Å². The first-order chi connectivity index (χ1) is 17.5. The Morgan fingerprint density at radius 2 is 1.75 bits per heavy atom. The van der Waals surface area contributed by atoms with E-state index in [1.165, 1.54) is 41.9 Å². The van der Waals surface area contributed by atoms with E-state index in [9.17, 15) is 14.7 Å². The van der Waals surface area contributed by atoms with Gasteiger partial charge in [0.25, 0.3) is 0 Å². The molecule has 1 aliphatic carbocycles. The number of benzene rings is 2. The molecule has 0 radical (unpaired) electrons. The van der Waals surface area contributed by atoms with Crippen molar-refractivity contribution in [2.24, 2.45) is 0 Å². The molecule has 1 heterocycles. The summed E-state index contributed by atoms with van der Waals surface area (Å²) in [5.74, 6) is 0.608. The van der Waals surface area contributed by atoms with Gasteiger partial charge in [0.2, 0.25) is 11.8 Å². The van der Waals surface area contributed by atoms with Gasteiger partial charge in [0.1, 0.15) is 11.8 Å². The predicted octanol–water partition coefficient (Wildman–Crippen LogP) is 5.24. The molecule has 0 bridgehead atoms. The van der Waals surface area contributed by atoms with Crippen LogP contribution < -0.4 is 19.7 Å². The van der Waals surface area contributed by atoms with E-state index in [2.05, 4.69) is 5.32 Å². The number of rotatable bonds is 9. The van der Waals surface area contributed by atoms with Gasteiger partial charge in [0, 0.05) is 22.7 Å². The van der Waals surface area contributed by atoms with E-state index in [0.29, 0.717) is 22.7 Å². The van der Waals surface area contributed by atoms with Gasteiger partial charge in [-0.05, 0) is 54.1 Å². The zero-order chi connectivity index (χ0) is 25.5. The van der Waals surface area contributed by atoms with Crippen LogP contribution in [0.1, 0.15) is 48.6 Å². The molecule has 0 spiro atoms. The summed E-state index contributed by atoms with van der Waals surface area (Å²) in [6, 6.07) is 14.6. The Morgan fingerprint density at radius 3 is 2.39 bits per heavy atom. The number of phenols is 1. The molecule has 7 nitrogen and oxygen atoms in total. The predicted molar refractivity (Wildman–Crippen MR) is 141 cm³/mol. The van der Waals surface area contributed by atoms with E-state index >= 15 is 0 Å². The quantitative estimate of drug-likeness (QED) is 0.413. The number of phenolic OH excluding ortho intramolecular Hbond substituents is 1. The van der Waals surface area contributed by atoms with Gasteiger partial charge in [-0.25, -0.2) is 0 Å². The minimum atomic E-state index is -0.932. The number of anilines is 1. The third kappa shape index (κ3) is 5.99. The monoisotopic (exact) mass is 508 g/mol. The first-order valence-corrected chi connectivity index (χ1v) is 13.0. The number of carbonyl (C=O) groups is 2. The van der Waals surface area contributed by atoms with Crippen LogP contribution in [0, 0.1) is 0 Å². The lowest BCUT2D eigenvalue weighted by molar-refractivity contribution is -0.127. The molecule has 2 amide bonds. The molecular formula is C28H32N2O5S. The molecule has 8 heteroatoms. The van der Waals surface area contributed by atoms with E-state index in [1.54, 1.807) is 37.4 Å². The van der Waals surface area contributed by atoms with Crippen molar-refractivity contribution in [2.75, 3.05) is 19.1 Å². The average Bonchev–Trinajstić information content (AvgIpc) is 3.41. The number of ether oxygens (including phenoxy) is 2. The largest absolute Gasteiger partial charge is 0.508 e. The van der Waals surface area contributed by atoms with Gasteiger partial charge in [0.15, 0.2) is 11.5 Å². The number of nitrogens with zero attached hydrogens (tertiary/aromatic N) is 1. The van der Waals surface area contributed by atoms with E-state index in [4.69, 9.17) is 9.47 Å². The van der Waals surface area contributed by atoms with Crippen molar-refractivity contribution in [3.05, 3.63) is 70.4 Å². The van der Waals surface area contributed by atoms with Crippen LogP contribution in [0.5, 0.6) is 17.2 Å². The molecule has 1 fully saturated rings. The van der Waals surface area contributed by atoms with Gasteiger partial charge >= 0.3 is 0 Å². The summed E-state index contributed by atoms with van der Waals surface area (Å²) < 4.78 is 10.9. The lowest BCUT2D eigenvalue weighted by Crippen LogP contribution is -2.47. The summed E-state index contributed by atoms with van der Waals surface area (Å²) in [7, 11) is 3.08. The van der Waals surface area contributed by atoms with Gasteiger partial charge < -0.3 is 19.9 Å². The molecule has 1 aromatic heterocycles. The molecule has 1 aliphatic rings. The number of thiophene rings is 1. The number of nitrogens with one attached hydrogen (secondary N) is 1. The summed E-state index contributed by atoms with van der Waals surface area (Å²) >= 11 is 1.50. The number of amides is 2. The minimum Gasteiger partial charge on any atom is -0.508 e. The summed E-state index contributed by atoms with van der Waals surface area (Å²) in [6.45, 7) is 0. The maximum atomic E-state index is 13.9. The fraction of sp³-hybridized carbons (Fsp3) is 0.357. The zero-order valence-corrected chi connectivity index (χ0v) is 21.4. The third-order valence-corrected chi connectivity index (χ3v) is 7.36. The molecule has 2 aromatic carbocycles. The summed E-state index contributed by atoms with van der Waals surface area (Å²) in [5.41, 5.74) is 1.13. The van der Waals surface area contributed by atoms with Crippen molar-refractivity contribution in [2.45, 2.75) is 50.6 Å². The van der Waals surface area contributed by atoms with Crippen LogP contribution in [0.15, 0.2) is 60.0 Å². The second kappa shape index (κ2) is 11.9. The number of aromatic hydroxyl groups is 1. The minimum absolute atomic E-state index is 0.0746. The highest BCUT2D eigenvalue weighted by Crippen LogP contribution is 2.36. The van der Waals surface area contributed by atoms with Gasteiger partial charge in [-0.1, -0.05) is 37.5 Å². The van der Waals surface area contributed by atoms with E-state index < -0.39 is 6.04 Å². The van der Waals surface area contributed by atoms with Crippen LogP contribution in [0.4, 0.5) is 5.69 Å². The number of hydrogen-bond donors (Lipinski definition) is 2. The Bertz CT molecular complexity index is 1160. The van der Waals surface area contributed by atoms with Gasteiger partial charge in [-0.15, -0.1) is 11.3 Å². The molecule has 2 N–H and O–H groups in total. The highest BCUT2D eigenvalue weighted by Gasteiger charge is 2.34. The van der Waals surface area contributed by atoms with Gasteiger partial charge in [0.05, 0.1) is 20.6 Å². The number of methoxy groups -OCH3 is 2. The summed E-state index contributed by atoms with van der Waals surface area (Å²) in [6.07, 6.45) is 5.32. The smallest absolute Gasteiger partial charge is 0.248 e. The zero-order valence-electron chi connectivity index (χ0n) is 20.6. The summed E-state index contributed by atoms with van der Waals surface area (Å²) in [5, 5.41) is 15.0. The second-order valence-corrected chi connectivity index (χ2v) is 9.93. The normalized spacial score (nSPS) is 14.6. The lowest BCUT2D eigenvalue weighted by atomic mass is 9.94. The molecule has 3 aromatic rings. The van der Waals surface area contributed by atoms with Crippen molar-refractivity contribution in [3.8, 4) is 17.2 Å². The molecule has 36 heavy (non-hydrogen) atoms. The standard InChI is InChI=1S/C28H32N2O5S/c1-34-24-15-12-21(17-25(24)35-2)30(26(32)18-23-9-6-16-36-23)27(19-10-13-22(31)14-11-19)28(33)29-20-7-4-3-5-8-20/h6,9-17,20,27,31H,3-5,7-8,18H2,1-2H3,(H,29,33)/t27-/m0/s1. The SMILES string of the molecule is COc1ccc(N(C(=O)Cc2cccs2)[C@H](C(=O)NC2CCCCC2)c2ccc(O)cc2)cc1OC. The van der Waals surface area contributed by atoms with Crippen LogP contribution in [0.3, 0.4) is 0 Å². The average molecular weight is 509 g/mol. The molecule has 0 aliphatic heterocycles. The first kappa shape index (κ1) is 25.6. The topological polar surface area (TPSA) is 88.1 Å². The van der Waals surface area contributed by atoms with Gasteiger partial charge in [-0.3, -0.25) is 14.5 Å². The molecule has 1 atom stereocenters. The first-order valence-electron chi connectivity index (χ1n) is 12.2. The molecule has 1 saturated carbocycles. The highest BCUT2D eigenvalue weighted by atomic mass is 32.1. The molecule has 4 rings (SSSR count). The Labute approximate surface area is 215 Å². The van der Waals surface area contributed by atoms with Crippen LogP contribution in [0.2, 0.25) is 0 Å². The maximum absolute atomic E-state index is 13.9. The lowest BCUT2D eigenvalue weighted by Gasteiger charge is -2.33. The Kier molecular flexibility index (Phi) is 8.48. The van der Waals surface area contributed by atoms with E-state index in [1.807, 2.05) is 17.5 Å². The highest BCUT2D eigenvalue weighted by molar-refractivity contribution is 7.10. The van der Waals surface area contributed by atoms with Crippen molar-refractivity contribution < 1.29 is 24.2 Å². The van der Waals surface area contributed by atoms with Crippen LogP contribution in [0.25, 0.3) is 0 Å². The molecule has 0 unspecified atom stereocenters. The van der Waals surface area contributed by atoms with Crippen molar-refractivity contribution in [1.82, 2.24) is 5.32 Å². The van der Waals surface area contributed by atoms with Crippen molar-refractivity contribution >= 4 is 28.8 Å². The van der Waals surface area contributed by atoms with E-state index in [0.717, 1.165) is 30.6 Å². The Hall–Kier alpha value is -3.52. The summed E-state index contributed by atoms with van der Waals surface area (Å²) in [4.78, 5) is 30.2. The Morgan fingerprint density at radius 1 is 1.03 bits per heavy atom. The van der Waals surface area contributed by atoms with E-state index in [-0.39, 0.29) is 30.0 Å². The molecule has 0 saturated heterocycles. The number of hydrogen-bond acceptors (Lipinski definition) is 6. The molecule has 190 valence electrons. The van der Waals surface area contributed by atoms with Crippen LogP contribution in [-0.4, -0.2) is 37.2 Å². The van der Waals surface area contributed by atoms with Crippen molar-refractivity contribution in [3.63, 3.8) is 0 Å².